The van der Waals surface area contributed by atoms with Gasteiger partial charge in [-0.1, -0.05) is 39.5 Å². The van der Waals surface area contributed by atoms with Gasteiger partial charge in [0.05, 0.1) is 0 Å². The van der Waals surface area contributed by atoms with Crippen LogP contribution in [-0.4, -0.2) is 30.6 Å². The van der Waals surface area contributed by atoms with Crippen molar-refractivity contribution in [1.29, 1.82) is 0 Å². The fourth-order valence-corrected chi connectivity index (χ4v) is 3.03. The molecule has 1 rings (SSSR count). The maximum Gasteiger partial charge on any atom is 0.0356 e. The largest absolute Gasteiger partial charge is 0.326 e. The van der Waals surface area contributed by atoms with Gasteiger partial charge in [0.2, 0.25) is 0 Å². The zero-order chi connectivity index (χ0) is 11.5. The topological polar surface area (TPSA) is 29.3 Å². The summed E-state index contributed by atoms with van der Waals surface area (Å²) in [5, 5.41) is 0. The highest BCUT2D eigenvalue weighted by Crippen LogP contribution is 2.37. The second-order valence-corrected chi connectivity index (χ2v) is 5.47. The summed E-state index contributed by atoms with van der Waals surface area (Å²) in [6.07, 6.45) is 7.85. The Morgan fingerprint density at radius 2 is 1.73 bits per heavy atom. The van der Waals surface area contributed by atoms with E-state index in [0.29, 0.717) is 12.0 Å². The molecule has 0 bridgehead atoms. The zero-order valence-electron chi connectivity index (χ0n) is 10.9. The first-order valence-electron chi connectivity index (χ1n) is 6.47. The van der Waals surface area contributed by atoms with E-state index in [-0.39, 0.29) is 5.54 Å². The van der Waals surface area contributed by atoms with Gasteiger partial charge >= 0.3 is 0 Å². The van der Waals surface area contributed by atoms with Crippen molar-refractivity contribution in [2.75, 3.05) is 14.1 Å². The third-order valence-corrected chi connectivity index (χ3v) is 4.49. The first-order chi connectivity index (χ1) is 7.04. The molecule has 1 aliphatic rings. The summed E-state index contributed by atoms with van der Waals surface area (Å²) in [5.74, 6) is 0.630. The van der Waals surface area contributed by atoms with Gasteiger partial charge in [0.25, 0.3) is 0 Å². The average Bonchev–Trinajstić information content (AvgIpc) is 2.27. The smallest absolute Gasteiger partial charge is 0.0356 e. The van der Waals surface area contributed by atoms with Crippen LogP contribution in [0.5, 0.6) is 0 Å². The molecule has 2 N–H and O–H groups in total. The Morgan fingerprint density at radius 3 is 2.13 bits per heavy atom. The summed E-state index contributed by atoms with van der Waals surface area (Å²) in [7, 11) is 4.40. The van der Waals surface area contributed by atoms with Crippen LogP contribution in [0.4, 0.5) is 0 Å². The predicted octanol–water partition coefficient (Wildman–Crippen LogP) is 2.62. The molecule has 1 fully saturated rings. The van der Waals surface area contributed by atoms with E-state index < -0.39 is 0 Å². The van der Waals surface area contributed by atoms with Gasteiger partial charge in [0, 0.05) is 11.6 Å². The molecule has 0 heterocycles. The molecule has 0 amide bonds. The molecule has 2 unspecified atom stereocenters. The van der Waals surface area contributed by atoms with E-state index in [2.05, 4.69) is 32.8 Å². The molecular weight excluding hydrogens is 184 g/mol. The van der Waals surface area contributed by atoms with Crippen LogP contribution in [0.2, 0.25) is 0 Å². The van der Waals surface area contributed by atoms with Gasteiger partial charge in [-0.25, -0.2) is 0 Å². The maximum absolute atomic E-state index is 6.50. The Hall–Kier alpha value is -0.0800. The van der Waals surface area contributed by atoms with Crippen molar-refractivity contribution in [2.24, 2.45) is 11.7 Å². The van der Waals surface area contributed by atoms with Crippen molar-refractivity contribution in [3.8, 4) is 0 Å². The average molecular weight is 212 g/mol. The molecule has 0 aromatic carbocycles. The molecular formula is C13H28N2. The predicted molar refractivity (Wildman–Crippen MR) is 66.9 cm³/mol. The number of hydrogen-bond acceptors (Lipinski definition) is 2. The van der Waals surface area contributed by atoms with E-state index >= 15 is 0 Å². The Labute approximate surface area is 95.2 Å². The van der Waals surface area contributed by atoms with Gasteiger partial charge in [0.15, 0.2) is 0 Å². The van der Waals surface area contributed by atoms with Crippen molar-refractivity contribution >= 4 is 0 Å². The van der Waals surface area contributed by atoms with Gasteiger partial charge in [-0.3, -0.25) is 0 Å². The van der Waals surface area contributed by atoms with E-state index in [9.17, 15) is 0 Å². The molecule has 0 aromatic rings. The third-order valence-electron chi connectivity index (χ3n) is 4.49. The van der Waals surface area contributed by atoms with Crippen LogP contribution in [0.1, 0.15) is 52.4 Å². The van der Waals surface area contributed by atoms with E-state index in [1.807, 2.05) is 0 Å². The van der Waals surface area contributed by atoms with E-state index in [0.717, 1.165) is 0 Å². The quantitative estimate of drug-likeness (QED) is 0.776. The second kappa shape index (κ2) is 5.31. The van der Waals surface area contributed by atoms with Gasteiger partial charge in [-0.15, -0.1) is 0 Å². The lowest BCUT2D eigenvalue weighted by atomic mass is 9.71. The molecule has 0 radical (unpaired) electrons. The maximum atomic E-state index is 6.50. The minimum absolute atomic E-state index is 0.272. The highest BCUT2D eigenvalue weighted by Gasteiger charge is 2.41. The lowest BCUT2D eigenvalue weighted by Gasteiger charge is -2.49. The van der Waals surface area contributed by atoms with Crippen LogP contribution in [0.15, 0.2) is 0 Å². The first kappa shape index (κ1) is 13.0. The third kappa shape index (κ3) is 2.54. The summed E-state index contributed by atoms with van der Waals surface area (Å²) in [5.41, 5.74) is 6.77. The zero-order valence-corrected chi connectivity index (χ0v) is 10.9. The normalized spacial score (nSPS) is 25.2. The molecule has 0 saturated heterocycles. The summed E-state index contributed by atoms with van der Waals surface area (Å²) >= 11 is 0. The van der Waals surface area contributed by atoms with Crippen LogP contribution in [0.3, 0.4) is 0 Å². The Balaban J connectivity index is 2.79. The van der Waals surface area contributed by atoms with Crippen molar-refractivity contribution < 1.29 is 0 Å². The highest BCUT2D eigenvalue weighted by molar-refractivity contribution is 5.00. The number of rotatable bonds is 4. The molecule has 2 atom stereocenters. The first-order valence-corrected chi connectivity index (χ1v) is 6.47. The Morgan fingerprint density at radius 1 is 1.20 bits per heavy atom. The van der Waals surface area contributed by atoms with Crippen LogP contribution in [-0.2, 0) is 0 Å². The molecule has 2 nitrogen and oxygen atoms in total. The van der Waals surface area contributed by atoms with Gasteiger partial charge in [-0.05, 0) is 32.9 Å². The number of likely N-dealkylation sites (N-methyl/N-ethyl adjacent to an activating group) is 1. The van der Waals surface area contributed by atoms with Crippen molar-refractivity contribution in [1.82, 2.24) is 4.90 Å². The minimum Gasteiger partial charge on any atom is -0.326 e. The van der Waals surface area contributed by atoms with Gasteiger partial charge < -0.3 is 10.6 Å². The summed E-state index contributed by atoms with van der Waals surface area (Å²) in [4.78, 5) is 2.39. The summed E-state index contributed by atoms with van der Waals surface area (Å²) in [6, 6.07) is 0.331. The van der Waals surface area contributed by atoms with Crippen LogP contribution in [0.25, 0.3) is 0 Å². The SMILES string of the molecule is CCC(C)C(N)C1(N(C)C)CCCCC1. The van der Waals surface area contributed by atoms with Gasteiger partial charge in [-0.2, -0.15) is 0 Å². The molecule has 15 heavy (non-hydrogen) atoms. The molecule has 0 spiro atoms. The molecule has 90 valence electrons. The van der Waals surface area contributed by atoms with E-state index in [1.54, 1.807) is 0 Å². The second-order valence-electron chi connectivity index (χ2n) is 5.47. The standard InChI is InChI=1S/C13H28N2/c1-5-11(2)12(14)13(15(3)4)9-7-6-8-10-13/h11-12H,5-10,14H2,1-4H3. The van der Waals surface area contributed by atoms with E-state index in [1.165, 1.54) is 38.5 Å². The van der Waals surface area contributed by atoms with E-state index in [4.69, 9.17) is 5.73 Å². The van der Waals surface area contributed by atoms with Crippen LogP contribution < -0.4 is 5.73 Å². The van der Waals surface area contributed by atoms with Crippen molar-refractivity contribution in [2.45, 2.75) is 64.0 Å². The fourth-order valence-electron chi connectivity index (χ4n) is 3.03. The van der Waals surface area contributed by atoms with Crippen LogP contribution in [0, 0.1) is 5.92 Å². The minimum atomic E-state index is 0.272. The molecule has 0 aliphatic heterocycles. The fraction of sp³-hybridized carbons (Fsp3) is 1.00. The molecule has 1 saturated carbocycles. The van der Waals surface area contributed by atoms with Crippen LogP contribution >= 0.6 is 0 Å². The number of hydrogen-bond donors (Lipinski definition) is 1. The highest BCUT2D eigenvalue weighted by atomic mass is 15.2. The summed E-state index contributed by atoms with van der Waals surface area (Å²) in [6.45, 7) is 4.54. The molecule has 0 aromatic heterocycles. The van der Waals surface area contributed by atoms with Gasteiger partial charge in [0.1, 0.15) is 0 Å². The van der Waals surface area contributed by atoms with Crippen molar-refractivity contribution in [3.63, 3.8) is 0 Å². The Bertz CT molecular complexity index is 183. The summed E-state index contributed by atoms with van der Waals surface area (Å²) < 4.78 is 0. The lowest BCUT2D eigenvalue weighted by Crippen LogP contribution is -2.60. The monoisotopic (exact) mass is 212 g/mol. The lowest BCUT2D eigenvalue weighted by molar-refractivity contribution is 0.0513. The number of nitrogens with zero attached hydrogens (tertiary/aromatic N) is 1. The molecule has 1 aliphatic carbocycles. The number of nitrogens with two attached hydrogens (primary N) is 1. The Kier molecular flexibility index (Phi) is 4.60. The molecule has 2 heteroatoms. The van der Waals surface area contributed by atoms with Crippen molar-refractivity contribution in [3.05, 3.63) is 0 Å².